The molecular weight excluding hydrogens is 596 g/mol. The van der Waals surface area contributed by atoms with E-state index in [1.807, 2.05) is 36.5 Å². The molecule has 0 atom stereocenters. The van der Waals surface area contributed by atoms with E-state index >= 15 is 0 Å². The Labute approximate surface area is 273 Å². The van der Waals surface area contributed by atoms with Crippen LogP contribution in [0.5, 0.6) is 0 Å². The van der Waals surface area contributed by atoms with E-state index in [-0.39, 0.29) is 23.9 Å². The second-order valence-corrected chi connectivity index (χ2v) is 12.7. The molecule has 13 nitrogen and oxygen atoms in total. The summed E-state index contributed by atoms with van der Waals surface area (Å²) in [6.07, 6.45) is 8.36. The summed E-state index contributed by atoms with van der Waals surface area (Å²) >= 11 is 0. The Balaban J connectivity index is 0.971. The topological polar surface area (TPSA) is 132 Å². The van der Waals surface area contributed by atoms with Crippen LogP contribution >= 0.6 is 0 Å². The molecule has 7 rings (SSSR count). The van der Waals surface area contributed by atoms with Crippen molar-refractivity contribution in [2.75, 3.05) is 61.9 Å². The summed E-state index contributed by atoms with van der Waals surface area (Å²) in [4.78, 5) is 58.9. The highest BCUT2D eigenvalue weighted by Crippen LogP contribution is 2.35. The number of rotatable bonds is 8. The molecule has 1 aliphatic carbocycles. The molecule has 0 bridgehead atoms. The zero-order valence-corrected chi connectivity index (χ0v) is 26.9. The lowest BCUT2D eigenvalue weighted by Crippen LogP contribution is -2.49. The molecule has 3 aliphatic rings. The maximum Gasteiger partial charge on any atom is 0.328 e. The van der Waals surface area contributed by atoms with Gasteiger partial charge in [0.1, 0.15) is 17.2 Å². The van der Waals surface area contributed by atoms with Crippen molar-refractivity contribution in [3.63, 3.8) is 0 Å². The molecule has 3 fully saturated rings. The van der Waals surface area contributed by atoms with Gasteiger partial charge in [0.15, 0.2) is 0 Å². The largest absolute Gasteiger partial charge is 0.369 e. The van der Waals surface area contributed by atoms with Gasteiger partial charge in [-0.3, -0.25) is 24.7 Å². The molecule has 2 aliphatic heterocycles. The van der Waals surface area contributed by atoms with Gasteiger partial charge >= 0.3 is 6.03 Å². The van der Waals surface area contributed by atoms with Gasteiger partial charge in [-0.15, -0.1) is 0 Å². The van der Waals surface area contributed by atoms with Gasteiger partial charge in [-0.1, -0.05) is 25.0 Å². The van der Waals surface area contributed by atoms with Gasteiger partial charge in [0.25, 0.3) is 5.91 Å². The fourth-order valence-corrected chi connectivity index (χ4v) is 6.79. The zero-order valence-electron chi connectivity index (χ0n) is 26.9. The second kappa shape index (κ2) is 13.0. The number of fused-ring (bicyclic) bond motifs is 1. The smallest absolute Gasteiger partial charge is 0.328 e. The number of piperazine rings is 1. The van der Waals surface area contributed by atoms with Crippen molar-refractivity contribution in [1.29, 1.82) is 0 Å². The Bertz CT molecular complexity index is 1790. The van der Waals surface area contributed by atoms with Gasteiger partial charge in [0.05, 0.1) is 0 Å². The lowest BCUT2D eigenvalue weighted by atomic mass is 10.2. The number of pyridine rings is 1. The number of anilines is 4. The summed E-state index contributed by atoms with van der Waals surface area (Å²) in [7, 11) is 3.55. The predicted molar refractivity (Wildman–Crippen MR) is 180 cm³/mol. The maximum absolute atomic E-state index is 13.0. The van der Waals surface area contributed by atoms with E-state index < -0.39 is 0 Å². The van der Waals surface area contributed by atoms with Gasteiger partial charge in [0.2, 0.25) is 11.9 Å². The molecular formula is C34H40N10O3. The van der Waals surface area contributed by atoms with Gasteiger partial charge in [-0.25, -0.2) is 14.8 Å². The monoisotopic (exact) mass is 636 g/mol. The lowest BCUT2D eigenvalue weighted by molar-refractivity contribution is -0.120. The third kappa shape index (κ3) is 6.48. The number of benzene rings is 1. The van der Waals surface area contributed by atoms with Crippen molar-refractivity contribution in [3.05, 3.63) is 66.1 Å². The molecule has 4 amide bonds. The molecule has 0 unspecified atom stereocenters. The minimum absolute atomic E-state index is 0.0275. The summed E-state index contributed by atoms with van der Waals surface area (Å²) in [5.41, 5.74) is 4.42. The number of hydrogen-bond donors (Lipinski definition) is 2. The molecule has 4 aromatic rings. The number of nitrogens with zero attached hydrogens (tertiary/aromatic N) is 8. The van der Waals surface area contributed by atoms with Gasteiger partial charge in [-0.05, 0) is 48.7 Å². The molecule has 2 saturated heterocycles. The van der Waals surface area contributed by atoms with Crippen LogP contribution in [0.4, 0.5) is 27.9 Å². The highest BCUT2D eigenvalue weighted by molar-refractivity contribution is 6.05. The molecule has 47 heavy (non-hydrogen) atoms. The van der Waals surface area contributed by atoms with Gasteiger partial charge in [0, 0.05) is 95.0 Å². The Morgan fingerprint density at radius 3 is 2.47 bits per heavy atom. The van der Waals surface area contributed by atoms with Crippen LogP contribution in [0.3, 0.4) is 0 Å². The molecule has 5 heterocycles. The second-order valence-electron chi connectivity index (χ2n) is 12.7. The molecule has 0 spiro atoms. The fourth-order valence-electron chi connectivity index (χ4n) is 6.79. The minimum atomic E-state index is -0.368. The van der Waals surface area contributed by atoms with Crippen LogP contribution in [0.15, 0.2) is 54.9 Å². The van der Waals surface area contributed by atoms with Crippen molar-refractivity contribution in [3.8, 4) is 0 Å². The van der Waals surface area contributed by atoms with Crippen molar-refractivity contribution < 1.29 is 14.4 Å². The summed E-state index contributed by atoms with van der Waals surface area (Å²) in [5, 5.41) is 6.51. The van der Waals surface area contributed by atoms with Gasteiger partial charge < -0.3 is 19.7 Å². The van der Waals surface area contributed by atoms with Crippen molar-refractivity contribution in [1.82, 2.24) is 34.6 Å². The van der Waals surface area contributed by atoms with Crippen LogP contribution in [0, 0.1) is 0 Å². The Kier molecular flexibility index (Phi) is 8.46. The van der Waals surface area contributed by atoms with Crippen LogP contribution in [0.2, 0.25) is 0 Å². The van der Waals surface area contributed by atoms with Crippen LogP contribution in [-0.4, -0.2) is 94.0 Å². The third-order valence-corrected chi connectivity index (χ3v) is 9.29. The average molecular weight is 637 g/mol. The van der Waals surface area contributed by atoms with Crippen molar-refractivity contribution >= 4 is 52.0 Å². The number of nitrogens with one attached hydrogen (secondary N) is 2. The number of aromatic nitrogens is 4. The van der Waals surface area contributed by atoms with Crippen molar-refractivity contribution in [2.24, 2.45) is 0 Å². The SMILES string of the molecule is CN(C)C(=O)c1cc2cnc(Nc3ccc(CN4CCN(c5cccc(N6CCC(=O)NC6=O)c5)CC4)cn3)nc2n1C1CCCC1. The highest BCUT2D eigenvalue weighted by Gasteiger charge is 2.27. The molecule has 2 N–H and O–H groups in total. The van der Waals surface area contributed by atoms with E-state index in [1.54, 1.807) is 30.1 Å². The van der Waals surface area contributed by atoms with Crippen LogP contribution < -0.4 is 20.4 Å². The molecule has 244 valence electrons. The van der Waals surface area contributed by atoms with Gasteiger partial charge in [-0.2, -0.15) is 4.98 Å². The number of hydrogen-bond acceptors (Lipinski definition) is 9. The molecule has 3 aromatic heterocycles. The Hall–Kier alpha value is -5.04. The zero-order chi connectivity index (χ0) is 32.5. The summed E-state index contributed by atoms with van der Waals surface area (Å²) in [6.45, 7) is 4.72. The lowest BCUT2D eigenvalue weighted by Gasteiger charge is -2.36. The van der Waals surface area contributed by atoms with E-state index in [0.717, 1.165) is 86.4 Å². The predicted octanol–water partition coefficient (Wildman–Crippen LogP) is 4.16. The first kappa shape index (κ1) is 30.6. The minimum Gasteiger partial charge on any atom is -0.369 e. The van der Waals surface area contributed by atoms with E-state index in [0.29, 0.717) is 30.4 Å². The first-order chi connectivity index (χ1) is 22.8. The number of imide groups is 1. The number of urea groups is 1. The van der Waals surface area contributed by atoms with Crippen LogP contribution in [0.25, 0.3) is 11.0 Å². The number of carbonyl (C=O) groups is 3. The number of carbonyl (C=O) groups excluding carboxylic acids is 3. The van der Waals surface area contributed by atoms with Crippen molar-refractivity contribution in [2.45, 2.75) is 44.7 Å². The number of amides is 4. The van der Waals surface area contributed by atoms with E-state index in [2.05, 4.69) is 47.1 Å². The highest BCUT2D eigenvalue weighted by atomic mass is 16.2. The average Bonchev–Trinajstić information content (AvgIpc) is 3.74. The normalized spacial score (nSPS) is 17.7. The quantitative estimate of drug-likeness (QED) is 0.293. The van der Waals surface area contributed by atoms with Crippen LogP contribution in [0.1, 0.15) is 54.2 Å². The molecule has 0 radical (unpaired) electrons. The molecule has 13 heteroatoms. The van der Waals surface area contributed by atoms with E-state index in [9.17, 15) is 14.4 Å². The maximum atomic E-state index is 13.0. The molecule has 1 saturated carbocycles. The summed E-state index contributed by atoms with van der Waals surface area (Å²) in [5.74, 6) is 0.854. The standard InChI is InChI=1S/C34H40N10O3/c1-40(2)32(46)28-18-24-21-36-33(39-31(24)44(28)25-6-3-4-7-25)37-29-11-10-23(20-35-29)22-41-14-16-42(17-15-41)26-8-5-9-27(19-26)43-13-12-30(45)38-34(43)47/h5,8-11,18-21,25H,3-4,6-7,12-17,22H2,1-2H3,(H,38,45,47)(H,35,36,37,39). The van der Waals surface area contributed by atoms with E-state index in [1.165, 1.54) is 0 Å². The summed E-state index contributed by atoms with van der Waals surface area (Å²) in [6, 6.07) is 13.8. The van der Waals surface area contributed by atoms with Crippen LogP contribution in [-0.2, 0) is 11.3 Å². The first-order valence-electron chi connectivity index (χ1n) is 16.3. The molecule has 1 aromatic carbocycles. The fraction of sp³-hybridized carbons (Fsp3) is 0.412. The van der Waals surface area contributed by atoms with E-state index in [4.69, 9.17) is 4.98 Å². The third-order valence-electron chi connectivity index (χ3n) is 9.29. The Morgan fingerprint density at radius 1 is 0.957 bits per heavy atom. The Morgan fingerprint density at radius 2 is 1.74 bits per heavy atom. The summed E-state index contributed by atoms with van der Waals surface area (Å²) < 4.78 is 2.11. The first-order valence-corrected chi connectivity index (χ1v) is 16.3.